The van der Waals surface area contributed by atoms with E-state index < -0.39 is 0 Å². The molecule has 0 aliphatic carbocycles. The summed E-state index contributed by atoms with van der Waals surface area (Å²) < 4.78 is 17.9. The normalized spacial score (nSPS) is 12.5. The van der Waals surface area contributed by atoms with Crippen molar-refractivity contribution in [3.63, 3.8) is 0 Å². The number of rotatable bonds is 4. The molecule has 1 rings (SSSR count). The highest BCUT2D eigenvalue weighted by Crippen LogP contribution is 2.11. The van der Waals surface area contributed by atoms with Crippen molar-refractivity contribution in [1.82, 2.24) is 0 Å². The minimum Gasteiger partial charge on any atom is -0.493 e. The van der Waals surface area contributed by atoms with Crippen LogP contribution in [-0.2, 0) is 0 Å². The molecule has 1 aromatic rings. The van der Waals surface area contributed by atoms with E-state index in [0.717, 1.165) is 6.42 Å². The lowest BCUT2D eigenvalue weighted by Gasteiger charge is -2.07. The molecule has 0 radical (unpaired) electrons. The van der Waals surface area contributed by atoms with Crippen molar-refractivity contribution in [3.8, 4) is 5.75 Å². The molecule has 0 fully saturated rings. The maximum atomic E-state index is 12.6. The van der Waals surface area contributed by atoms with Crippen LogP contribution in [0.5, 0.6) is 5.75 Å². The molecule has 0 amide bonds. The Bertz CT molecular complexity index is 263. The molecular weight excluding hydrogens is 169 g/mol. The van der Waals surface area contributed by atoms with E-state index in [2.05, 4.69) is 0 Å². The van der Waals surface area contributed by atoms with Gasteiger partial charge in [-0.2, -0.15) is 0 Å². The summed E-state index contributed by atoms with van der Waals surface area (Å²) in [5.41, 5.74) is 5.53. The lowest BCUT2D eigenvalue weighted by molar-refractivity contribution is 0.299. The Balaban J connectivity index is 2.37. The second-order valence-electron chi connectivity index (χ2n) is 3.07. The van der Waals surface area contributed by atoms with Crippen molar-refractivity contribution in [2.45, 2.75) is 19.4 Å². The average Bonchev–Trinajstić information content (AvgIpc) is 2.03. The highest BCUT2D eigenvalue weighted by molar-refractivity contribution is 5.22. The van der Waals surface area contributed by atoms with Gasteiger partial charge in [0.05, 0.1) is 6.61 Å². The molecule has 0 spiro atoms. The van der Waals surface area contributed by atoms with Gasteiger partial charge in [-0.3, -0.25) is 0 Å². The van der Waals surface area contributed by atoms with Gasteiger partial charge in [0.1, 0.15) is 11.6 Å². The molecule has 1 atom stereocenters. The smallest absolute Gasteiger partial charge is 0.126 e. The van der Waals surface area contributed by atoms with Crippen LogP contribution in [0.15, 0.2) is 24.3 Å². The van der Waals surface area contributed by atoms with E-state index >= 15 is 0 Å². The predicted molar refractivity (Wildman–Crippen MR) is 50.2 cm³/mol. The molecule has 2 N–H and O–H groups in total. The second-order valence-corrected chi connectivity index (χ2v) is 3.07. The number of hydrogen-bond acceptors (Lipinski definition) is 2. The fourth-order valence-electron chi connectivity index (χ4n) is 0.919. The Hall–Kier alpha value is -1.09. The van der Waals surface area contributed by atoms with Gasteiger partial charge < -0.3 is 10.5 Å². The molecule has 0 saturated carbocycles. The molecule has 0 bridgehead atoms. The van der Waals surface area contributed by atoms with Crippen LogP contribution >= 0.6 is 0 Å². The molecule has 0 saturated heterocycles. The van der Waals surface area contributed by atoms with Crippen LogP contribution in [0, 0.1) is 5.82 Å². The Morgan fingerprint density at radius 1 is 1.54 bits per heavy atom. The maximum Gasteiger partial charge on any atom is 0.126 e. The zero-order valence-electron chi connectivity index (χ0n) is 7.66. The third-order valence-corrected chi connectivity index (χ3v) is 1.64. The monoisotopic (exact) mass is 183 g/mol. The van der Waals surface area contributed by atoms with Crippen molar-refractivity contribution < 1.29 is 9.13 Å². The molecule has 72 valence electrons. The van der Waals surface area contributed by atoms with Crippen LogP contribution in [0.25, 0.3) is 0 Å². The van der Waals surface area contributed by atoms with Crippen LogP contribution in [0.2, 0.25) is 0 Å². The lowest BCUT2D eigenvalue weighted by atomic mass is 10.3. The van der Waals surface area contributed by atoms with Crippen molar-refractivity contribution in [2.75, 3.05) is 6.61 Å². The van der Waals surface area contributed by atoms with E-state index in [-0.39, 0.29) is 11.9 Å². The van der Waals surface area contributed by atoms with Gasteiger partial charge in [-0.25, -0.2) is 4.39 Å². The summed E-state index contributed by atoms with van der Waals surface area (Å²) in [6, 6.07) is 6.22. The largest absolute Gasteiger partial charge is 0.493 e. The summed E-state index contributed by atoms with van der Waals surface area (Å²) in [6.07, 6.45) is 0.774. The number of nitrogens with two attached hydrogens (primary N) is 1. The fourth-order valence-corrected chi connectivity index (χ4v) is 0.919. The van der Waals surface area contributed by atoms with Crippen LogP contribution in [0.1, 0.15) is 13.3 Å². The van der Waals surface area contributed by atoms with Crippen molar-refractivity contribution in [1.29, 1.82) is 0 Å². The topological polar surface area (TPSA) is 35.2 Å². The van der Waals surface area contributed by atoms with Gasteiger partial charge >= 0.3 is 0 Å². The van der Waals surface area contributed by atoms with Crippen LogP contribution in [-0.4, -0.2) is 12.6 Å². The van der Waals surface area contributed by atoms with Gasteiger partial charge in [-0.1, -0.05) is 6.07 Å². The first kappa shape index (κ1) is 9.99. The minimum atomic E-state index is -0.279. The van der Waals surface area contributed by atoms with Crippen LogP contribution in [0.3, 0.4) is 0 Å². The van der Waals surface area contributed by atoms with E-state index in [1.165, 1.54) is 12.1 Å². The maximum absolute atomic E-state index is 12.6. The summed E-state index contributed by atoms with van der Waals surface area (Å²) in [5, 5.41) is 0. The molecule has 0 aliphatic rings. The first-order valence-electron chi connectivity index (χ1n) is 4.32. The van der Waals surface area contributed by atoms with Crippen molar-refractivity contribution >= 4 is 0 Å². The molecule has 0 unspecified atom stereocenters. The Morgan fingerprint density at radius 3 is 2.92 bits per heavy atom. The summed E-state index contributed by atoms with van der Waals surface area (Å²) in [4.78, 5) is 0. The lowest BCUT2D eigenvalue weighted by Crippen LogP contribution is -2.18. The second kappa shape index (κ2) is 4.82. The molecule has 2 nitrogen and oxygen atoms in total. The molecular formula is C10H14FNO. The number of hydrogen-bond donors (Lipinski definition) is 1. The highest BCUT2D eigenvalue weighted by atomic mass is 19.1. The molecule has 1 aromatic carbocycles. The molecule has 0 aromatic heterocycles. The summed E-state index contributed by atoms with van der Waals surface area (Å²) in [5.74, 6) is 0.277. The number of ether oxygens (including phenoxy) is 1. The van der Waals surface area contributed by atoms with Crippen LogP contribution < -0.4 is 10.5 Å². The quantitative estimate of drug-likeness (QED) is 0.774. The van der Waals surface area contributed by atoms with E-state index in [1.54, 1.807) is 12.1 Å². The van der Waals surface area contributed by atoms with E-state index in [1.807, 2.05) is 6.92 Å². The summed E-state index contributed by atoms with van der Waals surface area (Å²) in [6.45, 7) is 2.44. The zero-order valence-corrected chi connectivity index (χ0v) is 7.66. The highest BCUT2D eigenvalue weighted by Gasteiger charge is 1.97. The Kier molecular flexibility index (Phi) is 3.71. The van der Waals surface area contributed by atoms with Gasteiger partial charge in [0, 0.05) is 12.1 Å². The van der Waals surface area contributed by atoms with Gasteiger partial charge in [0.15, 0.2) is 0 Å². The summed E-state index contributed by atoms with van der Waals surface area (Å²) in [7, 11) is 0. The standard InChI is InChI=1S/C10H14FNO/c1-8(12)5-6-13-10-4-2-3-9(11)7-10/h2-4,7-8H,5-6,12H2,1H3/t8-/m1/s1. The van der Waals surface area contributed by atoms with Gasteiger partial charge in [-0.15, -0.1) is 0 Å². The fraction of sp³-hybridized carbons (Fsp3) is 0.400. The predicted octanol–water partition coefficient (Wildman–Crippen LogP) is 1.94. The molecule has 3 heteroatoms. The Labute approximate surface area is 77.5 Å². The Morgan fingerprint density at radius 2 is 2.31 bits per heavy atom. The first-order valence-corrected chi connectivity index (χ1v) is 4.32. The number of benzene rings is 1. The van der Waals surface area contributed by atoms with E-state index in [9.17, 15) is 4.39 Å². The summed E-state index contributed by atoms with van der Waals surface area (Å²) >= 11 is 0. The van der Waals surface area contributed by atoms with Gasteiger partial charge in [0.25, 0.3) is 0 Å². The first-order chi connectivity index (χ1) is 6.18. The molecule has 13 heavy (non-hydrogen) atoms. The van der Waals surface area contributed by atoms with E-state index in [4.69, 9.17) is 10.5 Å². The average molecular weight is 183 g/mol. The third kappa shape index (κ3) is 3.90. The molecule has 0 aliphatic heterocycles. The zero-order chi connectivity index (χ0) is 9.68. The van der Waals surface area contributed by atoms with E-state index in [0.29, 0.717) is 12.4 Å². The third-order valence-electron chi connectivity index (χ3n) is 1.64. The van der Waals surface area contributed by atoms with Crippen molar-refractivity contribution in [3.05, 3.63) is 30.1 Å². The van der Waals surface area contributed by atoms with Crippen molar-refractivity contribution in [2.24, 2.45) is 5.73 Å². The van der Waals surface area contributed by atoms with Gasteiger partial charge in [0.2, 0.25) is 0 Å². The van der Waals surface area contributed by atoms with Crippen LogP contribution in [0.4, 0.5) is 4.39 Å². The molecule has 0 heterocycles. The SMILES string of the molecule is C[C@@H](N)CCOc1cccc(F)c1. The minimum absolute atomic E-state index is 0.119. The van der Waals surface area contributed by atoms with Gasteiger partial charge in [-0.05, 0) is 25.5 Å². The number of halogens is 1.